The van der Waals surface area contributed by atoms with Gasteiger partial charge in [0.05, 0.1) is 29.3 Å². The molecule has 2 heterocycles. The molecule has 1 aliphatic heterocycles. The molecule has 3 rings (SSSR count). The molecule has 0 spiro atoms. The van der Waals surface area contributed by atoms with Crippen molar-refractivity contribution in [2.75, 3.05) is 20.2 Å². The fraction of sp³-hybridized carbons (Fsp3) is 0.412. The molecule has 1 atom stereocenters. The Morgan fingerprint density at radius 3 is 2.96 bits per heavy atom. The fourth-order valence-electron chi connectivity index (χ4n) is 2.86. The Balaban J connectivity index is 1.79. The highest BCUT2D eigenvalue weighted by Gasteiger charge is 2.25. The lowest BCUT2D eigenvalue weighted by atomic mass is 10.1. The smallest absolute Gasteiger partial charge is 0.286 e. The fourth-order valence-corrected chi connectivity index (χ4v) is 3.40. The topological polar surface area (TPSA) is 116 Å². The highest BCUT2D eigenvalue weighted by molar-refractivity contribution is 7.07. The van der Waals surface area contributed by atoms with Gasteiger partial charge in [0.15, 0.2) is 11.5 Å². The number of hydrogen-bond donors (Lipinski definition) is 2. The van der Waals surface area contributed by atoms with Crippen LogP contribution in [0.4, 0.5) is 5.69 Å². The van der Waals surface area contributed by atoms with Gasteiger partial charge in [0, 0.05) is 24.0 Å². The van der Waals surface area contributed by atoms with E-state index in [9.17, 15) is 14.9 Å². The number of methoxy groups -OCH3 is 1. The van der Waals surface area contributed by atoms with Crippen LogP contribution in [0.1, 0.15) is 28.9 Å². The van der Waals surface area contributed by atoms with E-state index in [0.717, 1.165) is 19.4 Å². The van der Waals surface area contributed by atoms with Crippen molar-refractivity contribution in [2.24, 2.45) is 0 Å². The largest absolute Gasteiger partial charge is 0.493 e. The second kappa shape index (κ2) is 8.78. The van der Waals surface area contributed by atoms with Crippen LogP contribution in [0.2, 0.25) is 0 Å². The molecule has 27 heavy (non-hydrogen) atoms. The van der Waals surface area contributed by atoms with E-state index < -0.39 is 10.8 Å². The van der Waals surface area contributed by atoms with Crippen molar-refractivity contribution >= 4 is 22.9 Å². The maximum Gasteiger partial charge on any atom is 0.286 e. The first-order valence-corrected chi connectivity index (χ1v) is 9.40. The number of ether oxygens (including phenoxy) is 2. The number of nitrogens with zero attached hydrogens (tertiary/aromatic N) is 2. The Morgan fingerprint density at radius 1 is 1.48 bits per heavy atom. The van der Waals surface area contributed by atoms with Crippen LogP contribution in [0.3, 0.4) is 0 Å². The summed E-state index contributed by atoms with van der Waals surface area (Å²) >= 11 is 1.43. The Labute approximate surface area is 159 Å². The summed E-state index contributed by atoms with van der Waals surface area (Å²) in [4.78, 5) is 27.5. The predicted octanol–water partition coefficient (Wildman–Crippen LogP) is 2.12. The van der Waals surface area contributed by atoms with Crippen molar-refractivity contribution in [2.45, 2.75) is 25.5 Å². The van der Waals surface area contributed by atoms with Crippen LogP contribution in [0.25, 0.3) is 0 Å². The van der Waals surface area contributed by atoms with E-state index in [4.69, 9.17) is 9.47 Å². The summed E-state index contributed by atoms with van der Waals surface area (Å²) in [5, 5.41) is 19.3. The first kappa shape index (κ1) is 19.1. The number of carbonyl (C=O) groups excluding carboxylic acids is 1. The molecular formula is C17H20N4O5S. The van der Waals surface area contributed by atoms with Crippen molar-refractivity contribution in [1.29, 1.82) is 0 Å². The van der Waals surface area contributed by atoms with Crippen molar-refractivity contribution in [1.82, 2.24) is 15.6 Å². The number of aromatic nitrogens is 1. The zero-order chi connectivity index (χ0) is 19.2. The second-order valence-corrected chi connectivity index (χ2v) is 6.77. The van der Waals surface area contributed by atoms with Gasteiger partial charge < -0.3 is 20.1 Å². The molecular weight excluding hydrogens is 372 g/mol. The van der Waals surface area contributed by atoms with Crippen molar-refractivity contribution in [3.8, 4) is 11.5 Å². The highest BCUT2D eigenvalue weighted by Crippen LogP contribution is 2.35. The lowest BCUT2D eigenvalue weighted by Gasteiger charge is -2.14. The average molecular weight is 392 g/mol. The van der Waals surface area contributed by atoms with E-state index in [1.807, 2.05) is 5.38 Å². The lowest BCUT2D eigenvalue weighted by Crippen LogP contribution is -2.37. The van der Waals surface area contributed by atoms with Crippen LogP contribution in [-0.2, 0) is 6.61 Å². The van der Waals surface area contributed by atoms with E-state index in [0.29, 0.717) is 12.2 Å². The van der Waals surface area contributed by atoms with Gasteiger partial charge in [-0.05, 0) is 19.4 Å². The van der Waals surface area contributed by atoms with Gasteiger partial charge in [0.25, 0.3) is 11.6 Å². The van der Waals surface area contributed by atoms with Crippen LogP contribution in [0.15, 0.2) is 23.0 Å². The number of amides is 1. The predicted molar refractivity (Wildman–Crippen MR) is 99.5 cm³/mol. The molecule has 1 fully saturated rings. The molecule has 9 nitrogen and oxygen atoms in total. The molecule has 2 aromatic rings. The van der Waals surface area contributed by atoms with Crippen LogP contribution in [0, 0.1) is 10.1 Å². The van der Waals surface area contributed by atoms with Gasteiger partial charge in [-0.1, -0.05) is 0 Å². The molecule has 0 radical (unpaired) electrons. The molecule has 0 bridgehead atoms. The Morgan fingerprint density at radius 2 is 2.33 bits per heavy atom. The van der Waals surface area contributed by atoms with Crippen molar-refractivity contribution < 1.29 is 19.2 Å². The number of nitrogens with one attached hydrogen (secondary N) is 2. The summed E-state index contributed by atoms with van der Waals surface area (Å²) < 4.78 is 10.9. The minimum atomic E-state index is -0.599. The number of nitro benzene ring substituents is 1. The SMILES string of the molecule is COc1cc(C(=O)NCC2CCCN2)c([N+](=O)[O-])cc1OCc1cscn1. The monoisotopic (exact) mass is 392 g/mol. The third-order valence-corrected chi connectivity index (χ3v) is 4.89. The van der Waals surface area contributed by atoms with E-state index in [1.54, 1.807) is 5.51 Å². The van der Waals surface area contributed by atoms with Crippen molar-refractivity contribution in [3.05, 3.63) is 44.4 Å². The highest BCUT2D eigenvalue weighted by atomic mass is 32.1. The van der Waals surface area contributed by atoms with Gasteiger partial charge in [0.1, 0.15) is 12.2 Å². The molecule has 10 heteroatoms. The van der Waals surface area contributed by atoms with Crippen LogP contribution >= 0.6 is 11.3 Å². The third-order valence-electron chi connectivity index (χ3n) is 4.25. The summed E-state index contributed by atoms with van der Waals surface area (Å²) in [5.41, 5.74) is 1.98. The summed E-state index contributed by atoms with van der Waals surface area (Å²) in [5.74, 6) is -0.0778. The Kier molecular flexibility index (Phi) is 6.20. The standard InChI is InChI=1S/C17H20N4O5S/c1-25-15-5-13(17(22)19-7-11-3-2-4-18-11)14(21(23)24)6-16(15)26-8-12-9-27-10-20-12/h5-6,9-11,18H,2-4,7-8H2,1H3,(H,19,22). The molecule has 1 aromatic heterocycles. The quantitative estimate of drug-likeness (QED) is 0.522. The molecule has 1 unspecified atom stereocenters. The maximum absolute atomic E-state index is 12.5. The molecule has 1 saturated heterocycles. The molecule has 2 N–H and O–H groups in total. The summed E-state index contributed by atoms with van der Waals surface area (Å²) in [6, 6.07) is 2.75. The molecule has 1 aromatic carbocycles. The number of benzene rings is 1. The first-order valence-electron chi connectivity index (χ1n) is 8.46. The first-order chi connectivity index (χ1) is 13.1. The van der Waals surface area contributed by atoms with Gasteiger partial charge in [0.2, 0.25) is 0 Å². The second-order valence-electron chi connectivity index (χ2n) is 6.05. The van der Waals surface area contributed by atoms with Crippen LogP contribution in [-0.4, -0.2) is 42.1 Å². The Bertz CT molecular complexity index is 806. The zero-order valence-corrected chi connectivity index (χ0v) is 15.6. The Hall–Kier alpha value is -2.72. The van der Waals surface area contributed by atoms with Crippen LogP contribution < -0.4 is 20.1 Å². The minimum Gasteiger partial charge on any atom is -0.493 e. The maximum atomic E-state index is 12.5. The van der Waals surface area contributed by atoms with Gasteiger partial charge in [-0.2, -0.15) is 0 Å². The molecule has 0 saturated carbocycles. The molecule has 144 valence electrons. The van der Waals surface area contributed by atoms with Crippen molar-refractivity contribution in [3.63, 3.8) is 0 Å². The molecule has 1 aliphatic rings. The van der Waals surface area contributed by atoms with Gasteiger partial charge >= 0.3 is 0 Å². The number of carbonyl (C=O) groups is 1. The van der Waals surface area contributed by atoms with E-state index >= 15 is 0 Å². The zero-order valence-electron chi connectivity index (χ0n) is 14.8. The normalized spacial score (nSPS) is 16.1. The third kappa shape index (κ3) is 4.72. The van der Waals surface area contributed by atoms with Gasteiger partial charge in [-0.3, -0.25) is 14.9 Å². The van der Waals surface area contributed by atoms with Gasteiger partial charge in [-0.25, -0.2) is 4.98 Å². The number of hydrogen-bond acceptors (Lipinski definition) is 8. The number of rotatable bonds is 8. The van der Waals surface area contributed by atoms with E-state index in [2.05, 4.69) is 15.6 Å². The number of nitro groups is 1. The molecule has 1 amide bonds. The summed E-state index contributed by atoms with van der Waals surface area (Å²) in [6.45, 7) is 1.48. The van der Waals surface area contributed by atoms with Gasteiger partial charge in [-0.15, -0.1) is 11.3 Å². The molecule has 0 aliphatic carbocycles. The van der Waals surface area contributed by atoms with E-state index in [1.165, 1.54) is 30.6 Å². The average Bonchev–Trinajstić information content (AvgIpc) is 3.37. The summed E-state index contributed by atoms with van der Waals surface area (Å²) in [6.07, 6.45) is 2.02. The van der Waals surface area contributed by atoms with E-state index in [-0.39, 0.29) is 35.4 Å². The summed E-state index contributed by atoms with van der Waals surface area (Å²) in [7, 11) is 1.42. The number of thiazole rings is 1. The minimum absolute atomic E-state index is 0.0594. The lowest BCUT2D eigenvalue weighted by molar-refractivity contribution is -0.385. The van der Waals surface area contributed by atoms with Crippen LogP contribution in [0.5, 0.6) is 11.5 Å².